The molecule has 0 spiro atoms. The molecule has 0 aromatic rings. The second-order valence-corrected chi connectivity index (χ2v) is 5.59. The minimum Gasteiger partial charge on any atom is -0.378 e. The molecule has 15 heavy (non-hydrogen) atoms. The first-order chi connectivity index (χ1) is 7.43. The number of rotatable bonds is 2. The normalized spacial score (nSPS) is 45.6. The van der Waals surface area contributed by atoms with E-state index < -0.39 is 0 Å². The van der Waals surface area contributed by atoms with Crippen molar-refractivity contribution >= 4 is 0 Å². The van der Waals surface area contributed by atoms with Crippen molar-refractivity contribution in [2.75, 3.05) is 13.2 Å². The van der Waals surface area contributed by atoms with Crippen LogP contribution in [0.15, 0.2) is 0 Å². The molecule has 4 atom stereocenters. The molecule has 2 aliphatic heterocycles. The monoisotopic (exact) mass is 209 g/mol. The van der Waals surface area contributed by atoms with Gasteiger partial charge in [0.1, 0.15) is 0 Å². The van der Waals surface area contributed by atoms with Gasteiger partial charge in [0.05, 0.1) is 6.10 Å². The molecule has 1 saturated carbocycles. The van der Waals surface area contributed by atoms with Crippen LogP contribution in [0.25, 0.3) is 0 Å². The molecule has 0 bridgehead atoms. The van der Waals surface area contributed by atoms with Gasteiger partial charge in [0, 0.05) is 12.6 Å². The Labute approximate surface area is 92.8 Å². The molecule has 86 valence electrons. The Balaban J connectivity index is 1.54. The van der Waals surface area contributed by atoms with Gasteiger partial charge in [-0.05, 0) is 56.9 Å². The van der Waals surface area contributed by atoms with Crippen LogP contribution in [0.1, 0.15) is 44.9 Å². The van der Waals surface area contributed by atoms with Crippen LogP contribution in [-0.2, 0) is 4.74 Å². The fourth-order valence-electron chi connectivity index (χ4n) is 3.84. The van der Waals surface area contributed by atoms with Crippen LogP contribution in [0.3, 0.4) is 0 Å². The first-order valence-electron chi connectivity index (χ1n) is 6.78. The molecule has 1 N–H and O–H groups in total. The highest BCUT2D eigenvalue weighted by molar-refractivity contribution is 4.95. The predicted octanol–water partition coefficient (Wildman–Crippen LogP) is 2.33. The maximum Gasteiger partial charge on any atom is 0.0590 e. The van der Waals surface area contributed by atoms with Crippen LogP contribution in [0.5, 0.6) is 0 Å². The lowest BCUT2D eigenvalue weighted by Crippen LogP contribution is -2.33. The summed E-state index contributed by atoms with van der Waals surface area (Å²) in [5.41, 5.74) is 0. The van der Waals surface area contributed by atoms with Gasteiger partial charge in [-0.15, -0.1) is 0 Å². The third-order valence-electron chi connectivity index (χ3n) is 4.67. The largest absolute Gasteiger partial charge is 0.378 e. The highest BCUT2D eigenvalue weighted by Gasteiger charge is 2.39. The first kappa shape index (κ1) is 10.1. The van der Waals surface area contributed by atoms with Crippen LogP contribution in [0.4, 0.5) is 0 Å². The maximum atomic E-state index is 5.85. The Morgan fingerprint density at radius 1 is 1.07 bits per heavy atom. The highest BCUT2D eigenvalue weighted by atomic mass is 16.5. The summed E-state index contributed by atoms with van der Waals surface area (Å²) >= 11 is 0. The zero-order valence-electron chi connectivity index (χ0n) is 9.58. The van der Waals surface area contributed by atoms with Gasteiger partial charge in [0.15, 0.2) is 0 Å². The summed E-state index contributed by atoms with van der Waals surface area (Å²) in [6.45, 7) is 2.29. The molecule has 0 aromatic heterocycles. The van der Waals surface area contributed by atoms with Gasteiger partial charge in [0.2, 0.25) is 0 Å². The van der Waals surface area contributed by atoms with Crippen molar-refractivity contribution in [3.63, 3.8) is 0 Å². The van der Waals surface area contributed by atoms with E-state index in [4.69, 9.17) is 4.74 Å². The molecule has 4 unspecified atom stereocenters. The highest BCUT2D eigenvalue weighted by Crippen LogP contribution is 2.39. The summed E-state index contributed by atoms with van der Waals surface area (Å²) in [5, 5.41) is 3.73. The lowest BCUT2D eigenvalue weighted by atomic mass is 9.89. The summed E-state index contributed by atoms with van der Waals surface area (Å²) in [6, 6.07) is 0.778. The third kappa shape index (κ3) is 2.07. The fraction of sp³-hybridized carbons (Fsp3) is 1.00. The lowest BCUT2D eigenvalue weighted by molar-refractivity contribution is 0.00342. The third-order valence-corrected chi connectivity index (χ3v) is 4.67. The lowest BCUT2D eigenvalue weighted by Gasteiger charge is -2.27. The smallest absolute Gasteiger partial charge is 0.0590 e. The van der Waals surface area contributed by atoms with Crippen molar-refractivity contribution in [3.05, 3.63) is 0 Å². The molecule has 1 aliphatic carbocycles. The molecule has 3 fully saturated rings. The van der Waals surface area contributed by atoms with E-state index in [0.29, 0.717) is 6.10 Å². The zero-order chi connectivity index (χ0) is 10.1. The molecule has 3 rings (SSSR count). The topological polar surface area (TPSA) is 21.3 Å². The average molecular weight is 209 g/mol. The second-order valence-electron chi connectivity index (χ2n) is 5.59. The van der Waals surface area contributed by atoms with E-state index in [1.807, 2.05) is 0 Å². The van der Waals surface area contributed by atoms with Crippen LogP contribution in [-0.4, -0.2) is 25.3 Å². The Morgan fingerprint density at radius 2 is 2.07 bits per heavy atom. The molecule has 2 heteroatoms. The van der Waals surface area contributed by atoms with E-state index in [9.17, 15) is 0 Å². The van der Waals surface area contributed by atoms with Crippen molar-refractivity contribution in [2.45, 2.75) is 57.1 Å². The molecular formula is C13H23NO. The van der Waals surface area contributed by atoms with Gasteiger partial charge in [0.25, 0.3) is 0 Å². The fourth-order valence-corrected chi connectivity index (χ4v) is 3.84. The predicted molar refractivity (Wildman–Crippen MR) is 60.8 cm³/mol. The van der Waals surface area contributed by atoms with Gasteiger partial charge in [-0.25, -0.2) is 0 Å². The summed E-state index contributed by atoms with van der Waals surface area (Å²) in [6.07, 6.45) is 10.2. The number of fused-ring (bicyclic) bond motifs is 1. The van der Waals surface area contributed by atoms with E-state index in [-0.39, 0.29) is 0 Å². The van der Waals surface area contributed by atoms with Gasteiger partial charge < -0.3 is 10.1 Å². The molecule has 2 heterocycles. The van der Waals surface area contributed by atoms with E-state index in [1.54, 1.807) is 0 Å². The van der Waals surface area contributed by atoms with Crippen LogP contribution in [0, 0.1) is 11.8 Å². The zero-order valence-corrected chi connectivity index (χ0v) is 9.58. The molecule has 0 radical (unpaired) electrons. The van der Waals surface area contributed by atoms with E-state index >= 15 is 0 Å². The number of nitrogens with one attached hydrogen (secondary N) is 1. The standard InChI is InChI=1S/C13H23NO/c1-2-7-15-11(5-1)8-13-12-6-3-4-10(12)9-14-13/h10-14H,1-9H2. The summed E-state index contributed by atoms with van der Waals surface area (Å²) < 4.78 is 5.85. The number of hydrogen-bond donors (Lipinski definition) is 1. The SMILES string of the molecule is C1CCC(CC2NCC3CCCC32)OC1. The van der Waals surface area contributed by atoms with Gasteiger partial charge in [-0.1, -0.05) is 6.42 Å². The Kier molecular flexibility index (Phi) is 2.98. The minimum absolute atomic E-state index is 0.565. The van der Waals surface area contributed by atoms with Crippen molar-refractivity contribution < 1.29 is 4.74 Å². The Bertz CT molecular complexity index is 213. The molecule has 3 aliphatic rings. The van der Waals surface area contributed by atoms with Gasteiger partial charge in [-0.3, -0.25) is 0 Å². The van der Waals surface area contributed by atoms with Crippen molar-refractivity contribution in [1.82, 2.24) is 5.32 Å². The van der Waals surface area contributed by atoms with Gasteiger partial charge in [-0.2, -0.15) is 0 Å². The Hall–Kier alpha value is -0.0800. The molecule has 0 aromatic carbocycles. The summed E-state index contributed by atoms with van der Waals surface area (Å²) in [7, 11) is 0. The van der Waals surface area contributed by atoms with Crippen molar-refractivity contribution in [2.24, 2.45) is 11.8 Å². The first-order valence-corrected chi connectivity index (χ1v) is 6.78. The molecule has 2 saturated heterocycles. The minimum atomic E-state index is 0.565. The maximum absolute atomic E-state index is 5.85. The van der Waals surface area contributed by atoms with E-state index in [1.165, 1.54) is 51.5 Å². The van der Waals surface area contributed by atoms with Crippen LogP contribution in [0.2, 0.25) is 0 Å². The summed E-state index contributed by atoms with van der Waals surface area (Å²) in [5.74, 6) is 1.98. The molecular weight excluding hydrogens is 186 g/mol. The van der Waals surface area contributed by atoms with Crippen molar-refractivity contribution in [1.29, 1.82) is 0 Å². The number of hydrogen-bond acceptors (Lipinski definition) is 2. The van der Waals surface area contributed by atoms with Crippen LogP contribution >= 0.6 is 0 Å². The van der Waals surface area contributed by atoms with Crippen LogP contribution < -0.4 is 5.32 Å². The molecule has 0 amide bonds. The van der Waals surface area contributed by atoms with E-state index in [2.05, 4.69) is 5.32 Å². The van der Waals surface area contributed by atoms with E-state index in [0.717, 1.165) is 24.5 Å². The summed E-state index contributed by atoms with van der Waals surface area (Å²) in [4.78, 5) is 0. The number of ether oxygens (including phenoxy) is 1. The van der Waals surface area contributed by atoms with Gasteiger partial charge >= 0.3 is 0 Å². The second kappa shape index (κ2) is 4.42. The quantitative estimate of drug-likeness (QED) is 0.753. The Morgan fingerprint density at radius 3 is 2.93 bits per heavy atom. The molecule has 2 nitrogen and oxygen atoms in total. The average Bonchev–Trinajstić information content (AvgIpc) is 2.85. The van der Waals surface area contributed by atoms with Crippen molar-refractivity contribution in [3.8, 4) is 0 Å².